The van der Waals surface area contributed by atoms with Gasteiger partial charge in [0.1, 0.15) is 17.4 Å². The third kappa shape index (κ3) is 6.97. The molecule has 2 heterocycles. The zero-order valence-electron chi connectivity index (χ0n) is 27.5. The second kappa shape index (κ2) is 14.2. The highest BCUT2D eigenvalue weighted by Crippen LogP contribution is 2.34. The van der Waals surface area contributed by atoms with Crippen molar-refractivity contribution >= 4 is 17.9 Å². The number of aryl methyl sites for hydroxylation is 1. The molecule has 9 heteroatoms. The van der Waals surface area contributed by atoms with Crippen molar-refractivity contribution in [1.82, 2.24) is 14.7 Å². The number of nitriles is 1. The van der Waals surface area contributed by atoms with Crippen molar-refractivity contribution in [3.63, 3.8) is 0 Å². The van der Waals surface area contributed by atoms with Crippen LogP contribution in [-0.4, -0.2) is 53.9 Å². The van der Waals surface area contributed by atoms with Crippen LogP contribution in [0.3, 0.4) is 0 Å². The average Bonchev–Trinajstić information content (AvgIpc) is 3.50. The van der Waals surface area contributed by atoms with Crippen molar-refractivity contribution in [3.05, 3.63) is 106 Å². The minimum atomic E-state index is -0.611. The van der Waals surface area contributed by atoms with Gasteiger partial charge in [0.15, 0.2) is 11.5 Å². The van der Waals surface area contributed by atoms with Crippen molar-refractivity contribution in [1.29, 1.82) is 5.26 Å². The molecule has 4 aromatic rings. The Bertz CT molecular complexity index is 1910. The van der Waals surface area contributed by atoms with Crippen molar-refractivity contribution in [2.24, 2.45) is 5.92 Å². The number of carbonyl (C=O) groups is 2. The molecule has 5 rings (SSSR count). The smallest absolute Gasteiger partial charge is 0.271 e. The van der Waals surface area contributed by atoms with Gasteiger partial charge in [-0.2, -0.15) is 10.4 Å². The topological polar surface area (TPSA) is 107 Å². The van der Waals surface area contributed by atoms with E-state index < -0.39 is 11.8 Å². The standard InChI is InChI=1S/C38H38N4O5/c1-24(2)23-47-33-15-13-28(18-25(33)3)36-29(22-42(40-36)30-10-8-7-9-11-30)20-31-26(4)32(21-39)38(44)41(37(31)43)17-16-27-12-14-34(45-5)35(19-27)46-6/h7-15,18-20,22,24H,16-17,23H2,1-6H3/b31-20+. The number of ether oxygens (including phenoxy) is 3. The molecule has 1 aliphatic heterocycles. The molecule has 47 heavy (non-hydrogen) atoms. The Balaban J connectivity index is 1.55. The first-order valence-corrected chi connectivity index (χ1v) is 15.4. The predicted octanol–water partition coefficient (Wildman–Crippen LogP) is 6.73. The number of hydrogen-bond acceptors (Lipinski definition) is 7. The van der Waals surface area contributed by atoms with Crippen LogP contribution in [0.4, 0.5) is 0 Å². The van der Waals surface area contributed by atoms with E-state index in [9.17, 15) is 14.9 Å². The fourth-order valence-electron chi connectivity index (χ4n) is 5.41. The highest BCUT2D eigenvalue weighted by atomic mass is 16.5. The van der Waals surface area contributed by atoms with E-state index in [1.807, 2.05) is 79.9 Å². The summed E-state index contributed by atoms with van der Waals surface area (Å²) in [6.45, 7) is 8.52. The third-order valence-electron chi connectivity index (χ3n) is 7.98. The van der Waals surface area contributed by atoms with Gasteiger partial charge < -0.3 is 14.2 Å². The summed E-state index contributed by atoms with van der Waals surface area (Å²) in [7, 11) is 3.11. The van der Waals surface area contributed by atoms with Gasteiger partial charge in [0.2, 0.25) is 0 Å². The quantitative estimate of drug-likeness (QED) is 0.134. The molecule has 0 saturated heterocycles. The van der Waals surface area contributed by atoms with Crippen LogP contribution in [0.25, 0.3) is 23.0 Å². The summed E-state index contributed by atoms with van der Waals surface area (Å²) < 4.78 is 18.5. The molecule has 1 aliphatic rings. The van der Waals surface area contributed by atoms with Gasteiger partial charge in [-0.05, 0) is 91.4 Å². The molecule has 0 radical (unpaired) electrons. The zero-order chi connectivity index (χ0) is 33.7. The van der Waals surface area contributed by atoms with Crippen LogP contribution in [0, 0.1) is 24.2 Å². The van der Waals surface area contributed by atoms with E-state index >= 15 is 0 Å². The lowest BCUT2D eigenvalue weighted by Gasteiger charge is -2.27. The number of amides is 2. The Kier molecular flexibility index (Phi) is 9.91. The van der Waals surface area contributed by atoms with Gasteiger partial charge in [0.05, 0.1) is 32.2 Å². The molecule has 1 aromatic heterocycles. The summed E-state index contributed by atoms with van der Waals surface area (Å²) >= 11 is 0. The minimum absolute atomic E-state index is 0.0670. The second-order valence-electron chi connectivity index (χ2n) is 11.8. The Hall–Kier alpha value is -5.62. The number of carbonyl (C=O) groups excluding carboxylic acids is 2. The van der Waals surface area contributed by atoms with Gasteiger partial charge in [-0.3, -0.25) is 14.5 Å². The van der Waals surface area contributed by atoms with Gasteiger partial charge in [-0.25, -0.2) is 4.68 Å². The van der Waals surface area contributed by atoms with Gasteiger partial charge in [-0.1, -0.05) is 38.1 Å². The molecule has 240 valence electrons. The van der Waals surface area contributed by atoms with E-state index in [4.69, 9.17) is 19.3 Å². The highest BCUT2D eigenvalue weighted by molar-refractivity contribution is 6.19. The average molecular weight is 631 g/mol. The summed E-state index contributed by atoms with van der Waals surface area (Å²) in [6.07, 6.45) is 3.95. The Morgan fingerprint density at radius 3 is 2.30 bits per heavy atom. The Morgan fingerprint density at radius 1 is 0.915 bits per heavy atom. The first kappa shape index (κ1) is 32.8. The number of aromatic nitrogens is 2. The number of imide groups is 1. The number of methoxy groups -OCH3 is 2. The monoisotopic (exact) mass is 630 g/mol. The highest BCUT2D eigenvalue weighted by Gasteiger charge is 2.35. The van der Waals surface area contributed by atoms with Crippen LogP contribution in [0.2, 0.25) is 0 Å². The van der Waals surface area contributed by atoms with Crippen molar-refractivity contribution < 1.29 is 23.8 Å². The maximum atomic E-state index is 14.0. The van der Waals surface area contributed by atoms with Gasteiger partial charge in [0.25, 0.3) is 11.8 Å². The van der Waals surface area contributed by atoms with E-state index in [0.717, 1.165) is 33.0 Å². The van der Waals surface area contributed by atoms with E-state index in [-0.39, 0.29) is 17.7 Å². The molecule has 3 aromatic carbocycles. The summed E-state index contributed by atoms with van der Waals surface area (Å²) in [4.78, 5) is 28.5. The molecule has 0 bridgehead atoms. The largest absolute Gasteiger partial charge is 0.493 e. The van der Waals surface area contributed by atoms with Gasteiger partial charge in [0, 0.05) is 29.4 Å². The maximum Gasteiger partial charge on any atom is 0.271 e. The molecule has 0 aliphatic carbocycles. The van der Waals surface area contributed by atoms with Crippen LogP contribution < -0.4 is 14.2 Å². The van der Waals surface area contributed by atoms with Crippen molar-refractivity contribution in [2.45, 2.75) is 34.1 Å². The normalized spacial score (nSPS) is 14.2. The van der Waals surface area contributed by atoms with E-state index in [1.54, 1.807) is 38.0 Å². The van der Waals surface area contributed by atoms with Crippen LogP contribution in [0.15, 0.2) is 89.6 Å². The van der Waals surface area contributed by atoms with Crippen LogP contribution in [-0.2, 0) is 16.0 Å². The predicted molar refractivity (Wildman–Crippen MR) is 180 cm³/mol. The van der Waals surface area contributed by atoms with E-state index in [0.29, 0.717) is 47.3 Å². The van der Waals surface area contributed by atoms with Gasteiger partial charge >= 0.3 is 0 Å². The summed E-state index contributed by atoms with van der Waals surface area (Å²) in [6, 6.07) is 23.1. The van der Waals surface area contributed by atoms with Gasteiger partial charge in [-0.15, -0.1) is 0 Å². The lowest BCUT2D eigenvalue weighted by molar-refractivity contribution is -0.140. The van der Waals surface area contributed by atoms with Crippen molar-refractivity contribution in [3.8, 4) is 40.3 Å². The molecular weight excluding hydrogens is 592 g/mol. The van der Waals surface area contributed by atoms with Crippen LogP contribution in [0.1, 0.15) is 37.5 Å². The molecular formula is C38H38N4O5. The summed E-state index contributed by atoms with van der Waals surface area (Å²) in [5.74, 6) is 1.24. The lowest BCUT2D eigenvalue weighted by atomic mass is 9.93. The molecule has 0 saturated carbocycles. The number of rotatable bonds is 11. The first-order valence-electron chi connectivity index (χ1n) is 15.4. The fraction of sp³-hybridized carbons (Fsp3) is 0.263. The van der Waals surface area contributed by atoms with Crippen LogP contribution in [0.5, 0.6) is 17.2 Å². The summed E-state index contributed by atoms with van der Waals surface area (Å²) in [5, 5.41) is 14.9. The zero-order valence-corrected chi connectivity index (χ0v) is 27.5. The van der Waals surface area contributed by atoms with Crippen molar-refractivity contribution in [2.75, 3.05) is 27.4 Å². The lowest BCUT2D eigenvalue weighted by Crippen LogP contribution is -2.43. The molecule has 9 nitrogen and oxygen atoms in total. The number of hydrogen-bond donors (Lipinski definition) is 0. The fourth-order valence-corrected chi connectivity index (χ4v) is 5.41. The third-order valence-corrected chi connectivity index (χ3v) is 7.98. The second-order valence-corrected chi connectivity index (χ2v) is 11.8. The number of para-hydroxylation sites is 1. The molecule has 0 unspecified atom stereocenters. The Morgan fingerprint density at radius 2 is 1.64 bits per heavy atom. The number of benzene rings is 3. The molecule has 2 amide bonds. The van der Waals surface area contributed by atoms with Crippen LogP contribution >= 0.6 is 0 Å². The minimum Gasteiger partial charge on any atom is -0.493 e. The molecule has 0 atom stereocenters. The van der Waals surface area contributed by atoms with E-state index in [1.165, 1.54) is 0 Å². The summed E-state index contributed by atoms with van der Waals surface area (Å²) in [5.41, 5.74) is 5.33. The van der Waals surface area contributed by atoms with E-state index in [2.05, 4.69) is 13.8 Å². The molecule has 0 spiro atoms. The molecule has 0 fully saturated rings. The molecule has 0 N–H and O–H groups in total. The number of nitrogens with zero attached hydrogens (tertiary/aromatic N) is 4. The SMILES string of the molecule is COc1ccc(CCN2C(=O)C(C#N)=C(C)/C(=C\c3cn(-c4ccccc4)nc3-c3ccc(OCC(C)C)c(C)c3)C2=O)cc1OC. The Labute approximate surface area is 275 Å². The maximum absolute atomic E-state index is 14.0. The first-order chi connectivity index (χ1) is 22.6.